The van der Waals surface area contributed by atoms with Crippen molar-refractivity contribution in [1.82, 2.24) is 5.32 Å². The highest BCUT2D eigenvalue weighted by molar-refractivity contribution is 6.07. The van der Waals surface area contributed by atoms with Gasteiger partial charge in [-0.3, -0.25) is 4.79 Å². The van der Waals surface area contributed by atoms with E-state index in [0.717, 1.165) is 23.6 Å². The Bertz CT molecular complexity index is 910. The number of hydrogen-bond donors (Lipinski definition) is 1. The Balaban J connectivity index is 1.68. The van der Waals surface area contributed by atoms with E-state index in [1.165, 1.54) is 18.2 Å². The Morgan fingerprint density at radius 2 is 1.82 bits per heavy atom. The average molecular weight is 383 g/mol. The first-order chi connectivity index (χ1) is 13.5. The predicted molar refractivity (Wildman–Crippen MR) is 105 cm³/mol. The van der Waals surface area contributed by atoms with Crippen LogP contribution in [0.1, 0.15) is 41.8 Å². The zero-order valence-corrected chi connectivity index (χ0v) is 16.4. The fourth-order valence-corrected chi connectivity index (χ4v) is 3.64. The van der Waals surface area contributed by atoms with Gasteiger partial charge in [-0.15, -0.1) is 0 Å². The molecule has 28 heavy (non-hydrogen) atoms. The van der Waals surface area contributed by atoms with Crippen LogP contribution in [0.25, 0.3) is 10.8 Å². The van der Waals surface area contributed by atoms with Crippen molar-refractivity contribution in [3.63, 3.8) is 0 Å². The minimum Gasteiger partial charge on any atom is -0.467 e. The van der Waals surface area contributed by atoms with E-state index in [0.29, 0.717) is 12.0 Å². The third-order valence-electron chi connectivity index (χ3n) is 5.42. The number of nitrogens with one attached hydrogen (secondary N) is 1. The summed E-state index contributed by atoms with van der Waals surface area (Å²) in [6, 6.07) is 8.85. The van der Waals surface area contributed by atoms with Crippen molar-refractivity contribution in [3.05, 3.63) is 47.0 Å². The molecule has 0 radical (unpaired) electrons. The molecule has 0 saturated carbocycles. The molecule has 2 atom stereocenters. The molecule has 0 spiro atoms. The second-order valence-electron chi connectivity index (χ2n) is 7.14. The van der Waals surface area contributed by atoms with Crippen LogP contribution in [-0.4, -0.2) is 37.6 Å². The van der Waals surface area contributed by atoms with Gasteiger partial charge in [0, 0.05) is 0 Å². The topological polar surface area (TPSA) is 81.7 Å². The molecule has 6 heteroatoms. The minimum absolute atomic E-state index is 0.0939. The number of esters is 2. The van der Waals surface area contributed by atoms with Gasteiger partial charge in [-0.05, 0) is 46.7 Å². The van der Waals surface area contributed by atoms with Crippen molar-refractivity contribution in [2.45, 2.75) is 39.2 Å². The highest BCUT2D eigenvalue weighted by Crippen LogP contribution is 2.32. The Morgan fingerprint density at radius 3 is 2.50 bits per heavy atom. The van der Waals surface area contributed by atoms with E-state index >= 15 is 0 Å². The Hall–Kier alpha value is -2.89. The standard InChI is InChI=1S/C22H25NO5/c1-4-13(2)20(22(26)27-3)23-18(24)12-28-21(25)17-11-10-15-9-8-14-6-5-7-16(17)19(14)15/h5-7,10-11,13,20H,4,8-9,12H2,1-3H3,(H,23,24)/t13-,20+/m0/s1. The maximum absolute atomic E-state index is 12.6. The molecular formula is C22H25NO5. The molecule has 0 fully saturated rings. The summed E-state index contributed by atoms with van der Waals surface area (Å²) in [5.41, 5.74) is 2.91. The molecule has 148 valence electrons. The minimum atomic E-state index is -0.766. The molecule has 1 aliphatic carbocycles. The molecule has 6 nitrogen and oxygen atoms in total. The van der Waals surface area contributed by atoms with Crippen LogP contribution in [-0.2, 0) is 31.9 Å². The summed E-state index contributed by atoms with van der Waals surface area (Å²) in [4.78, 5) is 36.7. The number of methoxy groups -OCH3 is 1. The summed E-state index contributed by atoms with van der Waals surface area (Å²) in [5.74, 6) is -1.69. The predicted octanol–water partition coefficient (Wildman–Crippen LogP) is 2.80. The number of rotatable bonds is 7. The number of benzene rings is 2. The van der Waals surface area contributed by atoms with Crippen molar-refractivity contribution in [2.75, 3.05) is 13.7 Å². The lowest BCUT2D eigenvalue weighted by atomic mass is 9.99. The molecular weight excluding hydrogens is 358 g/mol. The second-order valence-corrected chi connectivity index (χ2v) is 7.14. The molecule has 2 aromatic rings. The quantitative estimate of drug-likeness (QED) is 0.744. The zero-order chi connectivity index (χ0) is 20.3. The van der Waals surface area contributed by atoms with Crippen LogP contribution in [0.2, 0.25) is 0 Å². The lowest BCUT2D eigenvalue weighted by Crippen LogP contribution is -2.47. The highest BCUT2D eigenvalue weighted by Gasteiger charge is 2.27. The lowest BCUT2D eigenvalue weighted by Gasteiger charge is -2.21. The van der Waals surface area contributed by atoms with E-state index in [1.807, 2.05) is 32.0 Å². The van der Waals surface area contributed by atoms with E-state index in [-0.39, 0.29) is 5.92 Å². The van der Waals surface area contributed by atoms with Gasteiger partial charge in [0.15, 0.2) is 6.61 Å². The molecule has 0 heterocycles. The maximum Gasteiger partial charge on any atom is 0.339 e. The van der Waals surface area contributed by atoms with Gasteiger partial charge in [-0.2, -0.15) is 0 Å². The van der Waals surface area contributed by atoms with E-state index < -0.39 is 30.5 Å². The first kappa shape index (κ1) is 19.9. The van der Waals surface area contributed by atoms with Gasteiger partial charge in [-0.25, -0.2) is 9.59 Å². The molecule has 2 aromatic carbocycles. The van der Waals surface area contributed by atoms with Crippen LogP contribution in [0, 0.1) is 5.92 Å². The Morgan fingerprint density at radius 1 is 1.11 bits per heavy atom. The van der Waals surface area contributed by atoms with Crippen molar-refractivity contribution in [2.24, 2.45) is 5.92 Å². The molecule has 0 unspecified atom stereocenters. The van der Waals surface area contributed by atoms with Crippen LogP contribution in [0.15, 0.2) is 30.3 Å². The van der Waals surface area contributed by atoms with E-state index in [4.69, 9.17) is 9.47 Å². The molecule has 0 aromatic heterocycles. The third kappa shape index (κ3) is 3.86. The SMILES string of the molecule is CC[C@H](C)[C@@H](NC(=O)COC(=O)c1ccc2c3c(cccc13)CC2)C(=O)OC. The summed E-state index contributed by atoms with van der Waals surface area (Å²) < 4.78 is 9.97. The average Bonchev–Trinajstić information content (AvgIpc) is 3.14. The van der Waals surface area contributed by atoms with Crippen molar-refractivity contribution >= 4 is 28.6 Å². The van der Waals surface area contributed by atoms with E-state index in [1.54, 1.807) is 6.07 Å². The fraction of sp³-hybridized carbons (Fsp3) is 0.409. The van der Waals surface area contributed by atoms with Gasteiger partial charge in [0.1, 0.15) is 6.04 Å². The Kier molecular flexibility index (Phi) is 5.97. The smallest absolute Gasteiger partial charge is 0.339 e. The Labute approximate surface area is 164 Å². The third-order valence-corrected chi connectivity index (χ3v) is 5.42. The first-order valence-electron chi connectivity index (χ1n) is 9.54. The second kappa shape index (κ2) is 8.42. The first-order valence-corrected chi connectivity index (χ1v) is 9.54. The van der Waals surface area contributed by atoms with Gasteiger partial charge in [0.05, 0.1) is 12.7 Å². The fourth-order valence-electron chi connectivity index (χ4n) is 3.64. The van der Waals surface area contributed by atoms with E-state index in [9.17, 15) is 14.4 Å². The zero-order valence-electron chi connectivity index (χ0n) is 16.4. The normalized spacial score (nSPS) is 14.4. The summed E-state index contributed by atoms with van der Waals surface area (Å²) >= 11 is 0. The van der Waals surface area contributed by atoms with Crippen LogP contribution in [0.5, 0.6) is 0 Å². The molecule has 1 aliphatic rings. The maximum atomic E-state index is 12.6. The largest absolute Gasteiger partial charge is 0.467 e. The summed E-state index contributed by atoms with van der Waals surface area (Å²) in [6.45, 7) is 3.31. The molecule has 0 bridgehead atoms. The van der Waals surface area contributed by atoms with E-state index in [2.05, 4.69) is 11.4 Å². The summed E-state index contributed by atoms with van der Waals surface area (Å²) in [7, 11) is 1.28. The molecule has 3 rings (SSSR count). The van der Waals surface area contributed by atoms with Crippen molar-refractivity contribution in [3.8, 4) is 0 Å². The van der Waals surface area contributed by atoms with Gasteiger partial charge in [-0.1, -0.05) is 44.5 Å². The number of carbonyl (C=O) groups is 3. The number of hydrogen-bond acceptors (Lipinski definition) is 5. The van der Waals surface area contributed by atoms with Gasteiger partial charge in [0.2, 0.25) is 0 Å². The molecule has 1 amide bonds. The van der Waals surface area contributed by atoms with Gasteiger partial charge >= 0.3 is 11.9 Å². The number of carbonyl (C=O) groups excluding carboxylic acids is 3. The van der Waals surface area contributed by atoms with Crippen LogP contribution >= 0.6 is 0 Å². The number of ether oxygens (including phenoxy) is 2. The van der Waals surface area contributed by atoms with Crippen molar-refractivity contribution in [1.29, 1.82) is 0 Å². The molecule has 0 aliphatic heterocycles. The molecule has 1 N–H and O–H groups in total. The lowest BCUT2D eigenvalue weighted by molar-refractivity contribution is -0.147. The van der Waals surface area contributed by atoms with Gasteiger partial charge < -0.3 is 14.8 Å². The van der Waals surface area contributed by atoms with Gasteiger partial charge in [0.25, 0.3) is 5.91 Å². The van der Waals surface area contributed by atoms with Crippen molar-refractivity contribution < 1.29 is 23.9 Å². The highest BCUT2D eigenvalue weighted by atomic mass is 16.5. The summed E-state index contributed by atoms with van der Waals surface area (Å²) in [6.07, 6.45) is 2.64. The summed E-state index contributed by atoms with van der Waals surface area (Å²) in [5, 5.41) is 4.57. The molecule has 0 saturated heterocycles. The number of aryl methyl sites for hydroxylation is 2. The van der Waals surface area contributed by atoms with Crippen LogP contribution in [0.3, 0.4) is 0 Å². The van der Waals surface area contributed by atoms with Crippen LogP contribution in [0.4, 0.5) is 0 Å². The monoisotopic (exact) mass is 383 g/mol. The van der Waals surface area contributed by atoms with Crippen LogP contribution < -0.4 is 5.32 Å². The number of amides is 1.